The maximum Gasteiger partial charge on any atom is 0.221 e. The van der Waals surface area contributed by atoms with Crippen LogP contribution in [0.1, 0.15) is 33.1 Å². The van der Waals surface area contributed by atoms with Gasteiger partial charge in [-0.3, -0.25) is 10.5 Å². The van der Waals surface area contributed by atoms with E-state index in [1.807, 2.05) is 6.92 Å². The summed E-state index contributed by atoms with van der Waals surface area (Å²) in [6, 6.07) is 0.0910. The quantitative estimate of drug-likeness (QED) is 0.474. The topological polar surface area (TPSA) is 98.8 Å². The molecule has 1 aliphatic rings. The smallest absolute Gasteiger partial charge is 0.221 e. The lowest BCUT2D eigenvalue weighted by Gasteiger charge is -2.40. The molecular formula is C11H23N3O3. The van der Waals surface area contributed by atoms with Gasteiger partial charge in [-0.2, -0.15) is 0 Å². The number of amides is 1. The van der Waals surface area contributed by atoms with Crippen molar-refractivity contribution in [1.29, 1.82) is 0 Å². The minimum Gasteiger partial charge on any atom is -0.354 e. The molecule has 1 aliphatic heterocycles. The first-order valence-corrected chi connectivity index (χ1v) is 6.06. The summed E-state index contributed by atoms with van der Waals surface area (Å²) in [5.74, 6) is -2.19. The van der Waals surface area contributed by atoms with Crippen molar-refractivity contribution in [1.82, 2.24) is 10.2 Å². The van der Waals surface area contributed by atoms with Crippen molar-refractivity contribution in [2.24, 2.45) is 5.73 Å². The Kier molecular flexibility index (Phi) is 4.88. The van der Waals surface area contributed by atoms with Gasteiger partial charge in [0, 0.05) is 32.0 Å². The zero-order chi connectivity index (χ0) is 13.1. The minimum atomic E-state index is -2.14. The van der Waals surface area contributed by atoms with E-state index in [1.165, 1.54) is 6.92 Å². The standard InChI is InChI=1S/C11H23N3O3/c1-3-14-5-4-9(13-8(2)15)6-10(14)7-11(12,16)17/h9-10,16-17H,3-7,12H2,1-2H3,(H,13,15). The molecule has 0 aliphatic carbocycles. The number of likely N-dealkylation sites (tertiary alicyclic amines) is 1. The summed E-state index contributed by atoms with van der Waals surface area (Å²) in [7, 11) is 0. The van der Waals surface area contributed by atoms with Crippen LogP contribution in [0.4, 0.5) is 0 Å². The molecule has 5 N–H and O–H groups in total. The van der Waals surface area contributed by atoms with Crippen molar-refractivity contribution in [3.63, 3.8) is 0 Å². The van der Waals surface area contributed by atoms with E-state index in [9.17, 15) is 15.0 Å². The van der Waals surface area contributed by atoms with Gasteiger partial charge in [0.05, 0.1) is 0 Å². The van der Waals surface area contributed by atoms with Gasteiger partial charge in [-0.15, -0.1) is 0 Å². The SMILES string of the molecule is CCN1CCC(NC(C)=O)CC1CC(N)(O)O. The minimum absolute atomic E-state index is 0.00870. The fourth-order valence-corrected chi connectivity index (χ4v) is 2.49. The zero-order valence-corrected chi connectivity index (χ0v) is 10.5. The van der Waals surface area contributed by atoms with Gasteiger partial charge in [0.1, 0.15) is 0 Å². The largest absolute Gasteiger partial charge is 0.354 e. The first-order chi connectivity index (χ1) is 7.81. The third-order valence-electron chi connectivity index (χ3n) is 3.19. The summed E-state index contributed by atoms with van der Waals surface area (Å²) in [6.07, 6.45) is 1.68. The highest BCUT2D eigenvalue weighted by Crippen LogP contribution is 2.22. The Labute approximate surface area is 102 Å². The van der Waals surface area contributed by atoms with Crippen LogP contribution < -0.4 is 11.1 Å². The predicted molar refractivity (Wildman–Crippen MR) is 63.8 cm³/mol. The average Bonchev–Trinajstić information content (AvgIpc) is 2.14. The number of hydrogen-bond donors (Lipinski definition) is 4. The fourth-order valence-electron chi connectivity index (χ4n) is 2.49. The molecule has 6 heteroatoms. The van der Waals surface area contributed by atoms with E-state index < -0.39 is 5.91 Å². The lowest BCUT2D eigenvalue weighted by Crippen LogP contribution is -2.54. The van der Waals surface area contributed by atoms with Crippen molar-refractivity contribution in [2.45, 2.75) is 51.1 Å². The molecular weight excluding hydrogens is 222 g/mol. The normalized spacial score (nSPS) is 26.9. The van der Waals surface area contributed by atoms with Crippen LogP contribution in [0.2, 0.25) is 0 Å². The number of rotatable bonds is 4. The van der Waals surface area contributed by atoms with E-state index in [1.54, 1.807) is 0 Å². The molecule has 0 bridgehead atoms. The third-order valence-corrected chi connectivity index (χ3v) is 3.19. The van der Waals surface area contributed by atoms with Crippen molar-refractivity contribution in [2.75, 3.05) is 13.1 Å². The lowest BCUT2D eigenvalue weighted by molar-refractivity contribution is -0.172. The van der Waals surface area contributed by atoms with Crippen LogP contribution in [-0.4, -0.2) is 52.1 Å². The van der Waals surface area contributed by atoms with E-state index >= 15 is 0 Å². The van der Waals surface area contributed by atoms with E-state index in [0.29, 0.717) is 6.42 Å². The van der Waals surface area contributed by atoms with Gasteiger partial charge >= 0.3 is 0 Å². The van der Waals surface area contributed by atoms with Crippen LogP contribution >= 0.6 is 0 Å². The Hall–Kier alpha value is -0.690. The number of piperidine rings is 1. The Morgan fingerprint density at radius 2 is 2.24 bits per heavy atom. The second-order valence-electron chi connectivity index (χ2n) is 4.79. The predicted octanol–water partition coefficient (Wildman–Crippen LogP) is -1.04. The summed E-state index contributed by atoms with van der Waals surface area (Å²) < 4.78 is 0. The van der Waals surface area contributed by atoms with Gasteiger partial charge < -0.3 is 20.4 Å². The molecule has 2 unspecified atom stereocenters. The zero-order valence-electron chi connectivity index (χ0n) is 10.5. The van der Waals surface area contributed by atoms with Crippen LogP contribution in [0.25, 0.3) is 0 Å². The highest BCUT2D eigenvalue weighted by atomic mass is 16.5. The van der Waals surface area contributed by atoms with Crippen molar-refractivity contribution < 1.29 is 15.0 Å². The molecule has 100 valence electrons. The number of nitrogens with two attached hydrogens (primary N) is 1. The first kappa shape index (κ1) is 14.4. The summed E-state index contributed by atoms with van der Waals surface area (Å²) in [4.78, 5) is 13.2. The van der Waals surface area contributed by atoms with E-state index in [0.717, 1.165) is 19.5 Å². The summed E-state index contributed by atoms with van der Waals surface area (Å²) >= 11 is 0. The van der Waals surface area contributed by atoms with Gasteiger partial charge in [0.15, 0.2) is 0 Å². The van der Waals surface area contributed by atoms with Crippen LogP contribution in [0.15, 0.2) is 0 Å². The highest BCUT2D eigenvalue weighted by Gasteiger charge is 2.32. The van der Waals surface area contributed by atoms with Crippen molar-refractivity contribution in [3.05, 3.63) is 0 Å². The summed E-state index contributed by atoms with van der Waals surface area (Å²) in [6.45, 7) is 5.20. The number of carbonyl (C=O) groups is 1. The second kappa shape index (κ2) is 5.77. The van der Waals surface area contributed by atoms with Crippen LogP contribution in [0.5, 0.6) is 0 Å². The van der Waals surface area contributed by atoms with Gasteiger partial charge in [0.25, 0.3) is 0 Å². The molecule has 1 rings (SSSR count). The molecule has 0 radical (unpaired) electrons. The molecule has 1 fully saturated rings. The maximum absolute atomic E-state index is 11.0. The van der Waals surface area contributed by atoms with Crippen molar-refractivity contribution >= 4 is 5.91 Å². The van der Waals surface area contributed by atoms with E-state index in [2.05, 4.69) is 10.2 Å². The van der Waals surface area contributed by atoms with E-state index in [-0.39, 0.29) is 24.4 Å². The average molecular weight is 245 g/mol. The number of nitrogens with one attached hydrogen (secondary N) is 1. The molecule has 1 amide bonds. The second-order valence-corrected chi connectivity index (χ2v) is 4.79. The molecule has 0 aromatic carbocycles. The summed E-state index contributed by atoms with van der Waals surface area (Å²) in [5, 5.41) is 21.4. The molecule has 0 aromatic heterocycles. The van der Waals surface area contributed by atoms with Crippen LogP contribution in [0.3, 0.4) is 0 Å². The number of hydrogen-bond acceptors (Lipinski definition) is 5. The third kappa shape index (κ3) is 4.99. The first-order valence-electron chi connectivity index (χ1n) is 6.06. The monoisotopic (exact) mass is 245 g/mol. The highest BCUT2D eigenvalue weighted by molar-refractivity contribution is 5.73. The number of nitrogens with zero attached hydrogens (tertiary/aromatic N) is 1. The van der Waals surface area contributed by atoms with Gasteiger partial charge in [-0.25, -0.2) is 0 Å². The lowest BCUT2D eigenvalue weighted by atomic mass is 9.93. The molecule has 6 nitrogen and oxygen atoms in total. The molecule has 1 heterocycles. The Morgan fingerprint density at radius 1 is 1.59 bits per heavy atom. The number of carbonyl (C=O) groups excluding carboxylic acids is 1. The van der Waals surface area contributed by atoms with Gasteiger partial charge in [0.2, 0.25) is 11.8 Å². The molecule has 1 saturated heterocycles. The Balaban J connectivity index is 2.58. The fraction of sp³-hybridized carbons (Fsp3) is 0.909. The van der Waals surface area contributed by atoms with Gasteiger partial charge in [-0.05, 0) is 19.4 Å². The molecule has 0 spiro atoms. The van der Waals surface area contributed by atoms with Gasteiger partial charge in [-0.1, -0.05) is 6.92 Å². The van der Waals surface area contributed by atoms with Crippen LogP contribution in [0, 0.1) is 0 Å². The Bertz CT molecular complexity index is 265. The molecule has 0 saturated carbocycles. The molecule has 2 atom stereocenters. The van der Waals surface area contributed by atoms with Crippen molar-refractivity contribution in [3.8, 4) is 0 Å². The number of aliphatic hydroxyl groups is 2. The summed E-state index contributed by atoms with van der Waals surface area (Å²) in [5.41, 5.74) is 5.23. The molecule has 17 heavy (non-hydrogen) atoms. The Morgan fingerprint density at radius 3 is 2.71 bits per heavy atom. The van der Waals surface area contributed by atoms with Crippen LogP contribution in [-0.2, 0) is 4.79 Å². The van der Waals surface area contributed by atoms with E-state index in [4.69, 9.17) is 5.73 Å². The molecule has 0 aromatic rings. The maximum atomic E-state index is 11.0.